The molecule has 0 spiro atoms. The van der Waals surface area contributed by atoms with Crippen LogP contribution in [0.4, 0.5) is 5.82 Å². The minimum absolute atomic E-state index is 0.0313. The Balaban J connectivity index is 1.80. The summed E-state index contributed by atoms with van der Waals surface area (Å²) in [6.07, 6.45) is 1.46. The molecular weight excluding hydrogens is 338 g/mol. The molecule has 1 aliphatic heterocycles. The van der Waals surface area contributed by atoms with E-state index in [4.69, 9.17) is 18.9 Å². The molecule has 1 aromatic heterocycles. The van der Waals surface area contributed by atoms with E-state index in [1.807, 2.05) is 12.1 Å². The van der Waals surface area contributed by atoms with Gasteiger partial charge in [-0.05, 0) is 25.0 Å². The number of aromatic nitrogens is 2. The van der Waals surface area contributed by atoms with Crippen molar-refractivity contribution in [1.29, 1.82) is 0 Å². The molecular formula is C18H23N3O5. The number of rotatable bonds is 6. The summed E-state index contributed by atoms with van der Waals surface area (Å²) in [5.41, 5.74) is 1.53. The summed E-state index contributed by atoms with van der Waals surface area (Å²) in [4.78, 5) is 12.3. The van der Waals surface area contributed by atoms with Crippen LogP contribution in [0.3, 0.4) is 0 Å². The first-order chi connectivity index (χ1) is 12.7. The smallest absolute Gasteiger partial charge is 0.228 e. The molecule has 1 saturated heterocycles. The van der Waals surface area contributed by atoms with Gasteiger partial charge in [0.2, 0.25) is 11.7 Å². The molecule has 0 unspecified atom stereocenters. The second kappa shape index (κ2) is 8.09. The maximum absolute atomic E-state index is 12.3. The maximum atomic E-state index is 12.3. The number of methoxy groups -OCH3 is 3. The average molecular weight is 361 g/mol. The lowest BCUT2D eigenvalue weighted by Crippen LogP contribution is -2.28. The van der Waals surface area contributed by atoms with Crippen LogP contribution in [-0.2, 0) is 9.53 Å². The van der Waals surface area contributed by atoms with Crippen LogP contribution in [0.1, 0.15) is 12.8 Å². The molecule has 8 nitrogen and oxygen atoms in total. The minimum Gasteiger partial charge on any atom is -0.493 e. The Bertz CT molecular complexity index is 743. The number of H-pyrrole nitrogens is 1. The van der Waals surface area contributed by atoms with Crippen molar-refractivity contribution >= 4 is 11.7 Å². The normalized spacial score (nSPS) is 14.7. The van der Waals surface area contributed by atoms with Crippen molar-refractivity contribution in [3.8, 4) is 28.5 Å². The van der Waals surface area contributed by atoms with Gasteiger partial charge in [-0.25, -0.2) is 0 Å². The molecule has 3 rings (SSSR count). The molecule has 2 N–H and O–H groups in total. The number of aromatic amines is 1. The van der Waals surface area contributed by atoms with Gasteiger partial charge in [0.05, 0.1) is 27.0 Å². The number of nitrogens with zero attached hydrogens (tertiary/aromatic N) is 1. The first kappa shape index (κ1) is 18.1. The van der Waals surface area contributed by atoms with E-state index in [2.05, 4.69) is 15.5 Å². The molecule has 0 bridgehead atoms. The van der Waals surface area contributed by atoms with E-state index >= 15 is 0 Å². The summed E-state index contributed by atoms with van der Waals surface area (Å²) >= 11 is 0. The van der Waals surface area contributed by atoms with Gasteiger partial charge in [0.15, 0.2) is 17.3 Å². The zero-order chi connectivity index (χ0) is 18.5. The fourth-order valence-corrected chi connectivity index (χ4v) is 2.96. The first-order valence-electron chi connectivity index (χ1n) is 8.40. The van der Waals surface area contributed by atoms with Crippen LogP contribution in [0.2, 0.25) is 0 Å². The van der Waals surface area contributed by atoms with Crippen molar-refractivity contribution in [2.75, 3.05) is 39.9 Å². The summed E-state index contributed by atoms with van der Waals surface area (Å²) in [7, 11) is 4.68. The second-order valence-corrected chi connectivity index (χ2v) is 5.96. The second-order valence-electron chi connectivity index (χ2n) is 5.96. The summed E-state index contributed by atoms with van der Waals surface area (Å²) in [6, 6.07) is 5.41. The van der Waals surface area contributed by atoms with Gasteiger partial charge in [-0.15, -0.1) is 0 Å². The highest BCUT2D eigenvalue weighted by atomic mass is 16.5. The topological polar surface area (TPSA) is 94.7 Å². The van der Waals surface area contributed by atoms with E-state index in [0.717, 1.165) is 24.1 Å². The molecule has 1 amide bonds. The number of hydrogen-bond donors (Lipinski definition) is 2. The predicted molar refractivity (Wildman–Crippen MR) is 95.9 cm³/mol. The average Bonchev–Trinajstić information content (AvgIpc) is 3.15. The molecule has 2 heterocycles. The van der Waals surface area contributed by atoms with Crippen molar-refractivity contribution < 1.29 is 23.7 Å². The van der Waals surface area contributed by atoms with Gasteiger partial charge in [0, 0.05) is 30.8 Å². The minimum atomic E-state index is -0.0370. The zero-order valence-electron chi connectivity index (χ0n) is 15.1. The molecule has 26 heavy (non-hydrogen) atoms. The Kier molecular flexibility index (Phi) is 5.62. The van der Waals surface area contributed by atoms with E-state index in [0.29, 0.717) is 36.3 Å². The van der Waals surface area contributed by atoms with Crippen LogP contribution in [0.5, 0.6) is 17.2 Å². The Morgan fingerprint density at radius 3 is 2.35 bits per heavy atom. The molecule has 1 aliphatic rings. The molecule has 2 aromatic rings. The number of nitrogens with one attached hydrogen (secondary N) is 2. The van der Waals surface area contributed by atoms with Gasteiger partial charge < -0.3 is 24.3 Å². The Morgan fingerprint density at radius 2 is 1.77 bits per heavy atom. The SMILES string of the molecule is COc1cc(-c2cc(NC(=O)C3CCOCC3)n[nH]2)cc(OC)c1OC. The highest BCUT2D eigenvalue weighted by molar-refractivity contribution is 5.92. The highest BCUT2D eigenvalue weighted by Gasteiger charge is 2.22. The van der Waals surface area contributed by atoms with Gasteiger partial charge >= 0.3 is 0 Å². The monoisotopic (exact) mass is 361 g/mol. The molecule has 0 aliphatic carbocycles. The van der Waals surface area contributed by atoms with Gasteiger partial charge in [-0.2, -0.15) is 5.10 Å². The van der Waals surface area contributed by atoms with Gasteiger partial charge in [-0.3, -0.25) is 9.89 Å². The predicted octanol–water partition coefficient (Wildman–Crippen LogP) is 2.47. The molecule has 8 heteroatoms. The van der Waals surface area contributed by atoms with Crippen LogP contribution in [0.15, 0.2) is 18.2 Å². The van der Waals surface area contributed by atoms with E-state index in [-0.39, 0.29) is 11.8 Å². The fourth-order valence-electron chi connectivity index (χ4n) is 2.96. The summed E-state index contributed by atoms with van der Waals surface area (Å²) in [5, 5.41) is 9.97. The lowest BCUT2D eigenvalue weighted by molar-refractivity contribution is -0.122. The number of carbonyl (C=O) groups excluding carboxylic acids is 1. The lowest BCUT2D eigenvalue weighted by Gasteiger charge is -2.20. The molecule has 0 atom stereocenters. The third-order valence-electron chi connectivity index (χ3n) is 4.40. The van der Waals surface area contributed by atoms with Crippen LogP contribution < -0.4 is 19.5 Å². The molecule has 0 saturated carbocycles. The van der Waals surface area contributed by atoms with Crippen molar-refractivity contribution in [2.45, 2.75) is 12.8 Å². The quantitative estimate of drug-likeness (QED) is 0.821. The van der Waals surface area contributed by atoms with E-state index in [1.165, 1.54) is 0 Å². The summed E-state index contributed by atoms with van der Waals surface area (Å²) in [6.45, 7) is 1.24. The molecule has 1 fully saturated rings. The van der Waals surface area contributed by atoms with Crippen LogP contribution in [0, 0.1) is 5.92 Å². The van der Waals surface area contributed by atoms with Gasteiger partial charge in [0.25, 0.3) is 0 Å². The van der Waals surface area contributed by atoms with E-state index in [1.54, 1.807) is 27.4 Å². The third-order valence-corrected chi connectivity index (χ3v) is 4.40. The van der Waals surface area contributed by atoms with Crippen molar-refractivity contribution in [2.24, 2.45) is 5.92 Å². The van der Waals surface area contributed by atoms with Gasteiger partial charge in [-0.1, -0.05) is 0 Å². The van der Waals surface area contributed by atoms with Crippen molar-refractivity contribution in [3.05, 3.63) is 18.2 Å². The van der Waals surface area contributed by atoms with Crippen LogP contribution >= 0.6 is 0 Å². The molecule has 1 aromatic carbocycles. The van der Waals surface area contributed by atoms with Crippen LogP contribution in [0.25, 0.3) is 11.3 Å². The number of carbonyl (C=O) groups is 1. The van der Waals surface area contributed by atoms with Gasteiger partial charge in [0.1, 0.15) is 0 Å². The number of benzene rings is 1. The first-order valence-corrected chi connectivity index (χ1v) is 8.40. The molecule has 0 radical (unpaired) electrons. The standard InChI is InChI=1S/C18H23N3O5/c1-23-14-8-12(9-15(24-2)17(14)25-3)13-10-16(21-20-13)19-18(22)11-4-6-26-7-5-11/h8-11H,4-7H2,1-3H3,(H2,19,20,21,22). The number of amides is 1. The molecule has 140 valence electrons. The Labute approximate surface area is 151 Å². The fraction of sp³-hybridized carbons (Fsp3) is 0.444. The van der Waals surface area contributed by atoms with Crippen LogP contribution in [-0.4, -0.2) is 50.6 Å². The lowest BCUT2D eigenvalue weighted by atomic mass is 9.99. The number of hydrogen-bond acceptors (Lipinski definition) is 6. The number of anilines is 1. The van der Waals surface area contributed by atoms with E-state index in [9.17, 15) is 4.79 Å². The zero-order valence-corrected chi connectivity index (χ0v) is 15.1. The van der Waals surface area contributed by atoms with Crippen molar-refractivity contribution in [3.63, 3.8) is 0 Å². The maximum Gasteiger partial charge on any atom is 0.228 e. The Hall–Kier alpha value is -2.74. The highest BCUT2D eigenvalue weighted by Crippen LogP contribution is 2.41. The third kappa shape index (κ3) is 3.75. The number of ether oxygens (including phenoxy) is 4. The summed E-state index contributed by atoms with van der Waals surface area (Å²) < 4.78 is 21.4. The summed E-state index contributed by atoms with van der Waals surface area (Å²) in [5.74, 6) is 2.02. The Morgan fingerprint density at radius 1 is 1.12 bits per heavy atom. The largest absolute Gasteiger partial charge is 0.493 e. The van der Waals surface area contributed by atoms with Crippen molar-refractivity contribution in [1.82, 2.24) is 10.2 Å². The van der Waals surface area contributed by atoms with E-state index < -0.39 is 0 Å².